The number of hydrogen-bond acceptors (Lipinski definition) is 6. The number of fused-ring (bicyclic) bond motifs is 2. The third-order valence-corrected chi connectivity index (χ3v) is 9.58. The molecule has 0 aliphatic heterocycles. The van der Waals surface area contributed by atoms with Gasteiger partial charge in [0.1, 0.15) is 5.82 Å². The maximum atomic E-state index is 14.5. The lowest BCUT2D eigenvalue weighted by Gasteiger charge is -2.16. The van der Waals surface area contributed by atoms with Crippen molar-refractivity contribution < 1.29 is 28.2 Å². The van der Waals surface area contributed by atoms with E-state index in [0.717, 1.165) is 33.1 Å². The van der Waals surface area contributed by atoms with Crippen molar-refractivity contribution in [3.05, 3.63) is 130 Å². The summed E-state index contributed by atoms with van der Waals surface area (Å²) in [4.78, 5) is 31.4. The van der Waals surface area contributed by atoms with Gasteiger partial charge in [-0.05, 0) is 71.6 Å². The Bertz CT molecular complexity index is 2170. The molecule has 0 atom stereocenters. The molecule has 1 amide bonds. The highest BCUT2D eigenvalue weighted by Gasteiger charge is 2.27. The van der Waals surface area contributed by atoms with Crippen LogP contribution in [0.1, 0.15) is 27.9 Å². The number of carbonyl (C=O) groups excluding carboxylic acids is 2. The van der Waals surface area contributed by atoms with Gasteiger partial charge in [-0.15, -0.1) is 0 Å². The summed E-state index contributed by atoms with van der Waals surface area (Å²) in [5.41, 5.74) is 5.31. The average Bonchev–Trinajstić information content (AvgIpc) is 3.76. The van der Waals surface area contributed by atoms with Crippen molar-refractivity contribution >= 4 is 56.7 Å². The molecule has 6 rings (SSSR count). The number of rotatable bonds is 20. The van der Waals surface area contributed by atoms with Gasteiger partial charge in [0.2, 0.25) is 0 Å². The summed E-state index contributed by atoms with van der Waals surface area (Å²) < 4.78 is 33.5. The lowest BCUT2D eigenvalue weighted by atomic mass is 10.0. The SMILES string of the molecule is CN(CCCOCCOCCOCCNCc1cc(F)cc2c1ccn2Cc1ccc(Cl)cc1)C(=O)C(=O)c1c(-c2ccc(Cl)cc2)[nH]c2ccccc12. The number of likely N-dealkylation sites (N-methyl/N-ethyl adjacent to an activating group) is 1. The minimum absolute atomic E-state index is 0.270. The second kappa shape index (κ2) is 19.2. The summed E-state index contributed by atoms with van der Waals surface area (Å²) in [5, 5.41) is 6.31. The van der Waals surface area contributed by atoms with E-state index in [1.807, 2.05) is 77.5 Å². The highest BCUT2D eigenvalue weighted by molar-refractivity contribution is 6.46. The molecule has 0 saturated heterocycles. The molecule has 0 aliphatic rings. The first-order chi connectivity index (χ1) is 26.3. The third kappa shape index (κ3) is 10.1. The van der Waals surface area contributed by atoms with E-state index in [1.54, 1.807) is 31.3 Å². The van der Waals surface area contributed by atoms with Gasteiger partial charge >= 0.3 is 0 Å². The molecule has 6 aromatic rings. The van der Waals surface area contributed by atoms with Crippen molar-refractivity contribution in [2.45, 2.75) is 19.5 Å². The van der Waals surface area contributed by atoms with E-state index < -0.39 is 11.7 Å². The number of H-pyrrole nitrogens is 1. The van der Waals surface area contributed by atoms with Gasteiger partial charge in [0.05, 0.1) is 49.8 Å². The largest absolute Gasteiger partial charge is 0.379 e. The molecule has 0 radical (unpaired) electrons. The Balaban J connectivity index is 0.828. The summed E-state index contributed by atoms with van der Waals surface area (Å²) in [6.07, 6.45) is 2.55. The number of para-hydroxylation sites is 1. The normalized spacial score (nSPS) is 11.5. The Morgan fingerprint density at radius 1 is 0.815 bits per heavy atom. The van der Waals surface area contributed by atoms with Crippen LogP contribution in [-0.4, -0.2) is 85.9 Å². The number of nitrogens with zero attached hydrogens (tertiary/aromatic N) is 2. The molecule has 0 fully saturated rings. The highest BCUT2D eigenvalue weighted by Crippen LogP contribution is 2.32. The van der Waals surface area contributed by atoms with Crippen molar-refractivity contribution in [3.63, 3.8) is 0 Å². The molecule has 54 heavy (non-hydrogen) atoms. The maximum absolute atomic E-state index is 14.5. The second-order valence-electron chi connectivity index (χ2n) is 12.9. The van der Waals surface area contributed by atoms with Crippen LogP contribution in [0.5, 0.6) is 0 Å². The van der Waals surface area contributed by atoms with Crippen LogP contribution in [0.3, 0.4) is 0 Å². The Hall–Kier alpha value is -4.55. The summed E-state index contributed by atoms with van der Waals surface area (Å²) in [5.74, 6) is -1.42. The molecule has 0 saturated carbocycles. The third-order valence-electron chi connectivity index (χ3n) is 9.08. The van der Waals surface area contributed by atoms with Crippen LogP contribution in [0.15, 0.2) is 97.2 Å². The number of halogens is 3. The molecule has 0 aliphatic carbocycles. The fourth-order valence-electron chi connectivity index (χ4n) is 6.31. The van der Waals surface area contributed by atoms with Crippen molar-refractivity contribution in [2.75, 3.05) is 59.8 Å². The standard InChI is InChI=1S/C42H43Cl2FN4O5/c1-48(42(51)41(50)39-36-5-2-3-6-37(36)47-40(39)30-9-13-33(44)14-10-30)17-4-19-52-21-23-54-24-22-53-20-16-46-27-31-25-34(45)26-38-35(31)15-18-49(38)28-29-7-11-32(43)12-8-29/h2-3,5-15,18,25-26,46-47H,4,16-17,19-24,27-28H2,1H3. The predicted octanol–water partition coefficient (Wildman–Crippen LogP) is 8.15. The molecule has 0 unspecified atom stereocenters. The number of benzene rings is 4. The first-order valence-electron chi connectivity index (χ1n) is 17.9. The van der Waals surface area contributed by atoms with Gasteiger partial charge in [-0.1, -0.05) is 65.7 Å². The van der Waals surface area contributed by atoms with Gasteiger partial charge in [-0.3, -0.25) is 9.59 Å². The van der Waals surface area contributed by atoms with E-state index >= 15 is 0 Å². The molecule has 12 heteroatoms. The minimum Gasteiger partial charge on any atom is -0.379 e. The molecule has 9 nitrogen and oxygen atoms in total. The van der Waals surface area contributed by atoms with Crippen molar-refractivity contribution in [1.29, 1.82) is 0 Å². The van der Waals surface area contributed by atoms with Gasteiger partial charge in [-0.2, -0.15) is 0 Å². The van der Waals surface area contributed by atoms with Crippen LogP contribution in [0.4, 0.5) is 4.39 Å². The van der Waals surface area contributed by atoms with Gasteiger partial charge in [-0.25, -0.2) is 4.39 Å². The molecular formula is C42H43Cl2FN4O5. The highest BCUT2D eigenvalue weighted by atomic mass is 35.5. The van der Waals surface area contributed by atoms with Crippen molar-refractivity contribution in [2.24, 2.45) is 0 Å². The average molecular weight is 774 g/mol. The lowest BCUT2D eigenvalue weighted by molar-refractivity contribution is -0.125. The molecule has 282 valence electrons. The quantitative estimate of drug-likeness (QED) is 0.0462. The van der Waals surface area contributed by atoms with E-state index in [1.165, 1.54) is 4.90 Å². The Kier molecular flexibility index (Phi) is 13.9. The van der Waals surface area contributed by atoms with Gasteiger partial charge in [0.25, 0.3) is 11.7 Å². The van der Waals surface area contributed by atoms with E-state index in [0.29, 0.717) is 98.9 Å². The van der Waals surface area contributed by atoms with E-state index in [2.05, 4.69) is 10.3 Å². The molecule has 2 N–H and O–H groups in total. The first-order valence-corrected chi connectivity index (χ1v) is 18.7. The molecular weight excluding hydrogens is 730 g/mol. The zero-order chi connectivity index (χ0) is 37.9. The summed E-state index contributed by atoms with van der Waals surface area (Å²) >= 11 is 12.1. The number of Topliss-reactive ketones (excluding diaryl/α,β-unsaturated/α-hetero) is 1. The van der Waals surface area contributed by atoms with Crippen LogP contribution in [0.25, 0.3) is 33.1 Å². The van der Waals surface area contributed by atoms with Gasteiger partial charge in [0, 0.05) is 72.4 Å². The molecule has 2 aromatic heterocycles. The molecule has 2 heterocycles. The number of nitrogens with one attached hydrogen (secondary N) is 2. The Morgan fingerprint density at radius 3 is 2.22 bits per heavy atom. The van der Waals surface area contributed by atoms with Crippen molar-refractivity contribution in [1.82, 2.24) is 19.8 Å². The van der Waals surface area contributed by atoms with Crippen LogP contribution in [-0.2, 0) is 32.1 Å². The summed E-state index contributed by atoms with van der Waals surface area (Å²) in [7, 11) is 1.62. The van der Waals surface area contributed by atoms with Gasteiger partial charge < -0.3 is 34.0 Å². The fraction of sp³-hybridized carbons (Fsp3) is 0.286. The van der Waals surface area contributed by atoms with Crippen molar-refractivity contribution in [3.8, 4) is 11.3 Å². The predicted molar refractivity (Wildman–Crippen MR) is 212 cm³/mol. The zero-order valence-corrected chi connectivity index (χ0v) is 31.6. The number of hydrogen-bond donors (Lipinski definition) is 2. The van der Waals surface area contributed by atoms with E-state index in [-0.39, 0.29) is 5.82 Å². The Labute approximate surface area is 323 Å². The summed E-state index contributed by atoms with van der Waals surface area (Å²) in [6, 6.07) is 27.4. The van der Waals surface area contributed by atoms with E-state index in [4.69, 9.17) is 37.4 Å². The van der Waals surface area contributed by atoms with Crippen LogP contribution < -0.4 is 5.32 Å². The van der Waals surface area contributed by atoms with Crippen LogP contribution >= 0.6 is 23.2 Å². The molecule has 0 spiro atoms. The number of aromatic nitrogens is 2. The monoisotopic (exact) mass is 772 g/mol. The molecule has 0 bridgehead atoms. The number of ether oxygens (including phenoxy) is 3. The topological polar surface area (TPSA) is 97.8 Å². The number of carbonyl (C=O) groups is 2. The van der Waals surface area contributed by atoms with Gasteiger partial charge in [0.15, 0.2) is 0 Å². The number of ketones is 1. The van der Waals surface area contributed by atoms with Crippen LogP contribution in [0.2, 0.25) is 10.0 Å². The smallest absolute Gasteiger partial charge is 0.294 e. The first kappa shape index (κ1) is 39.2. The number of amides is 1. The minimum atomic E-state index is -0.583. The second-order valence-corrected chi connectivity index (χ2v) is 13.8. The summed E-state index contributed by atoms with van der Waals surface area (Å²) in [6.45, 7) is 4.73. The number of aromatic amines is 1. The van der Waals surface area contributed by atoms with Crippen LogP contribution in [0, 0.1) is 5.82 Å². The maximum Gasteiger partial charge on any atom is 0.294 e. The van der Waals surface area contributed by atoms with E-state index in [9.17, 15) is 14.0 Å². The Morgan fingerprint density at radius 2 is 1.48 bits per heavy atom. The molecule has 4 aromatic carbocycles. The zero-order valence-electron chi connectivity index (χ0n) is 30.1. The fourth-order valence-corrected chi connectivity index (χ4v) is 6.56. The lowest BCUT2D eigenvalue weighted by Crippen LogP contribution is -2.34.